The second-order valence-corrected chi connectivity index (χ2v) is 2.24. The monoisotopic (exact) mass is 176 g/mol. The molecule has 4 heteroatoms. The topological polar surface area (TPSA) is 50.4 Å². The van der Waals surface area contributed by atoms with Gasteiger partial charge < -0.3 is 9.52 Å². The second-order valence-electron chi connectivity index (χ2n) is 1.87. The molecule has 0 unspecified atom stereocenters. The van der Waals surface area contributed by atoms with E-state index in [1.54, 1.807) is 6.92 Å². The highest BCUT2D eigenvalue weighted by Gasteiger charge is 2.12. The molecule has 1 N–H and O–H groups in total. The number of furan rings is 1. The maximum Gasteiger partial charge on any atom is 0.372 e. The first-order valence-electron chi connectivity index (χ1n) is 2.60. The molecule has 0 saturated carbocycles. The molecule has 0 amide bonds. The van der Waals surface area contributed by atoms with Crippen molar-refractivity contribution >= 4 is 17.6 Å². The van der Waals surface area contributed by atoms with Gasteiger partial charge in [-0.1, -0.05) is 7.43 Å². The van der Waals surface area contributed by atoms with Gasteiger partial charge in [0.05, 0.1) is 0 Å². The average molecular weight is 177 g/mol. The molecule has 0 aromatic carbocycles. The highest BCUT2D eigenvalue weighted by molar-refractivity contribution is 6.29. The van der Waals surface area contributed by atoms with E-state index in [0.717, 1.165) is 0 Å². The Morgan fingerprint density at radius 1 is 1.73 bits per heavy atom. The van der Waals surface area contributed by atoms with Crippen LogP contribution in [0.1, 0.15) is 23.5 Å². The van der Waals surface area contributed by atoms with Crippen LogP contribution < -0.4 is 0 Å². The molecule has 0 atom stereocenters. The van der Waals surface area contributed by atoms with Crippen LogP contribution in [0.5, 0.6) is 0 Å². The summed E-state index contributed by atoms with van der Waals surface area (Å²) in [5.74, 6) is -1.19. The van der Waals surface area contributed by atoms with E-state index in [4.69, 9.17) is 16.7 Å². The van der Waals surface area contributed by atoms with Gasteiger partial charge in [0.25, 0.3) is 0 Å². The first-order chi connectivity index (χ1) is 4.61. The number of rotatable bonds is 1. The SMILES string of the molecule is C.Cc1cc(Cl)oc1C(=O)O. The fourth-order valence-electron chi connectivity index (χ4n) is 0.656. The van der Waals surface area contributed by atoms with Gasteiger partial charge in [0.15, 0.2) is 5.22 Å². The molecule has 0 aliphatic heterocycles. The van der Waals surface area contributed by atoms with Crippen LogP contribution in [0.4, 0.5) is 0 Å². The summed E-state index contributed by atoms with van der Waals surface area (Å²) in [6, 6.07) is 1.46. The lowest BCUT2D eigenvalue weighted by Crippen LogP contribution is -1.94. The summed E-state index contributed by atoms with van der Waals surface area (Å²) in [5.41, 5.74) is 0.539. The maximum atomic E-state index is 10.3. The smallest absolute Gasteiger partial charge is 0.372 e. The van der Waals surface area contributed by atoms with Gasteiger partial charge in [0.2, 0.25) is 5.76 Å². The zero-order valence-corrected chi connectivity index (χ0v) is 5.97. The van der Waals surface area contributed by atoms with Gasteiger partial charge >= 0.3 is 5.97 Å². The van der Waals surface area contributed by atoms with Crippen molar-refractivity contribution in [2.45, 2.75) is 14.4 Å². The van der Waals surface area contributed by atoms with Crippen LogP contribution in [0.2, 0.25) is 5.22 Å². The number of carboxylic acids is 1. The van der Waals surface area contributed by atoms with Gasteiger partial charge in [-0.2, -0.15) is 0 Å². The van der Waals surface area contributed by atoms with Crippen molar-refractivity contribution in [1.29, 1.82) is 0 Å². The molecule has 1 rings (SSSR count). The van der Waals surface area contributed by atoms with E-state index in [1.807, 2.05) is 0 Å². The quantitative estimate of drug-likeness (QED) is 0.716. The van der Waals surface area contributed by atoms with Crippen molar-refractivity contribution in [3.8, 4) is 0 Å². The van der Waals surface area contributed by atoms with E-state index in [0.29, 0.717) is 5.56 Å². The summed E-state index contributed by atoms with van der Waals surface area (Å²) < 4.78 is 4.64. The third kappa shape index (κ3) is 1.98. The van der Waals surface area contributed by atoms with Crippen LogP contribution in [-0.4, -0.2) is 11.1 Å². The summed E-state index contributed by atoms with van der Waals surface area (Å²) in [5, 5.41) is 8.53. The van der Waals surface area contributed by atoms with E-state index in [1.165, 1.54) is 6.07 Å². The Morgan fingerprint density at radius 2 is 2.27 bits per heavy atom. The van der Waals surface area contributed by atoms with Crippen molar-refractivity contribution in [1.82, 2.24) is 0 Å². The van der Waals surface area contributed by atoms with Crippen LogP contribution >= 0.6 is 11.6 Å². The van der Waals surface area contributed by atoms with Gasteiger partial charge in [0, 0.05) is 5.56 Å². The molecule has 0 bridgehead atoms. The molecule has 0 saturated heterocycles. The lowest BCUT2D eigenvalue weighted by Gasteiger charge is -1.85. The molecule has 3 nitrogen and oxygen atoms in total. The van der Waals surface area contributed by atoms with Crippen LogP contribution in [0.15, 0.2) is 10.5 Å². The van der Waals surface area contributed by atoms with Crippen LogP contribution in [0, 0.1) is 6.92 Å². The maximum absolute atomic E-state index is 10.3. The van der Waals surface area contributed by atoms with Gasteiger partial charge in [-0.25, -0.2) is 4.79 Å². The van der Waals surface area contributed by atoms with E-state index in [2.05, 4.69) is 4.42 Å². The Balaban J connectivity index is 0.000001000. The van der Waals surface area contributed by atoms with E-state index in [9.17, 15) is 4.79 Å². The fraction of sp³-hybridized carbons (Fsp3) is 0.286. The molecule has 0 radical (unpaired) electrons. The Bertz CT molecular complexity index is 265. The third-order valence-electron chi connectivity index (χ3n) is 1.08. The Morgan fingerprint density at radius 3 is 2.45 bits per heavy atom. The highest BCUT2D eigenvalue weighted by atomic mass is 35.5. The summed E-state index contributed by atoms with van der Waals surface area (Å²) in [6.45, 7) is 1.62. The Hall–Kier alpha value is -0.960. The number of aromatic carboxylic acids is 1. The second kappa shape index (κ2) is 3.44. The fourth-order valence-corrected chi connectivity index (χ4v) is 0.896. The lowest BCUT2D eigenvalue weighted by molar-refractivity contribution is 0.0661. The predicted octanol–water partition coefficient (Wildman–Crippen LogP) is 2.58. The van der Waals surface area contributed by atoms with E-state index < -0.39 is 5.97 Å². The average Bonchev–Trinajstić information content (AvgIpc) is 2.10. The predicted molar refractivity (Wildman–Crippen MR) is 42.1 cm³/mol. The number of halogens is 1. The minimum atomic E-state index is -1.09. The molecule has 0 aliphatic carbocycles. The largest absolute Gasteiger partial charge is 0.475 e. The first kappa shape index (κ1) is 10.0. The molecule has 1 heterocycles. The van der Waals surface area contributed by atoms with Gasteiger partial charge in [-0.05, 0) is 24.6 Å². The molecule has 0 aliphatic rings. The van der Waals surface area contributed by atoms with Gasteiger partial charge in [0.1, 0.15) is 0 Å². The molecule has 1 aromatic heterocycles. The number of hydrogen-bond donors (Lipinski definition) is 1. The molecule has 11 heavy (non-hydrogen) atoms. The zero-order chi connectivity index (χ0) is 7.72. The Labute approximate surface area is 69.6 Å². The molecule has 0 spiro atoms. The van der Waals surface area contributed by atoms with Crippen molar-refractivity contribution in [2.24, 2.45) is 0 Å². The lowest BCUT2D eigenvalue weighted by atomic mass is 10.3. The standard InChI is InChI=1S/C6H5ClO3.CH4/c1-3-2-4(7)10-5(3)6(8)9;/h2H,1H3,(H,8,9);1H4. The summed E-state index contributed by atoms with van der Waals surface area (Å²) >= 11 is 5.38. The molecular weight excluding hydrogens is 168 g/mol. The third-order valence-corrected chi connectivity index (χ3v) is 1.27. The van der Waals surface area contributed by atoms with Crippen molar-refractivity contribution in [3.05, 3.63) is 22.6 Å². The van der Waals surface area contributed by atoms with Crippen molar-refractivity contribution < 1.29 is 14.3 Å². The Kier molecular flexibility index (Phi) is 3.14. The minimum Gasteiger partial charge on any atom is -0.475 e. The van der Waals surface area contributed by atoms with Crippen molar-refractivity contribution in [3.63, 3.8) is 0 Å². The number of carboxylic acid groups (broad SMARTS) is 1. The van der Waals surface area contributed by atoms with Gasteiger partial charge in [-0.3, -0.25) is 0 Å². The molecule has 1 aromatic rings. The number of hydrogen-bond acceptors (Lipinski definition) is 2. The van der Waals surface area contributed by atoms with Crippen LogP contribution in [0.25, 0.3) is 0 Å². The van der Waals surface area contributed by atoms with Crippen molar-refractivity contribution in [2.75, 3.05) is 0 Å². The zero-order valence-electron chi connectivity index (χ0n) is 5.22. The normalized spacial score (nSPS) is 8.91. The van der Waals surface area contributed by atoms with E-state index in [-0.39, 0.29) is 18.4 Å². The molecule has 62 valence electrons. The number of aryl methyl sites for hydroxylation is 1. The summed E-state index contributed by atoms with van der Waals surface area (Å²) in [6.07, 6.45) is 0. The first-order valence-corrected chi connectivity index (χ1v) is 2.98. The highest BCUT2D eigenvalue weighted by Crippen LogP contribution is 2.18. The van der Waals surface area contributed by atoms with E-state index >= 15 is 0 Å². The number of carbonyl (C=O) groups is 1. The van der Waals surface area contributed by atoms with Gasteiger partial charge in [-0.15, -0.1) is 0 Å². The van der Waals surface area contributed by atoms with Crippen LogP contribution in [0.3, 0.4) is 0 Å². The summed E-state index contributed by atoms with van der Waals surface area (Å²) in [4.78, 5) is 10.3. The molecular formula is C7H9ClO3. The minimum absolute atomic E-state index is 0. The molecule has 0 fully saturated rings. The van der Waals surface area contributed by atoms with Crippen LogP contribution in [-0.2, 0) is 0 Å². The summed E-state index contributed by atoms with van der Waals surface area (Å²) in [7, 11) is 0.